The highest BCUT2D eigenvalue weighted by Gasteiger charge is 2.24. The summed E-state index contributed by atoms with van der Waals surface area (Å²) >= 11 is 0. The Hall–Kier alpha value is -2.42. The maximum atomic E-state index is 12.2. The first-order valence-electron chi connectivity index (χ1n) is 7.72. The lowest BCUT2D eigenvalue weighted by Gasteiger charge is -2.14. The quantitative estimate of drug-likeness (QED) is 0.811. The number of rotatable bonds is 4. The van der Waals surface area contributed by atoms with Crippen LogP contribution in [0.2, 0.25) is 0 Å². The molecule has 2 heterocycles. The number of amides is 1. The van der Waals surface area contributed by atoms with Crippen molar-refractivity contribution in [3.8, 4) is 0 Å². The van der Waals surface area contributed by atoms with Crippen LogP contribution in [0.3, 0.4) is 0 Å². The number of carbonyl (C=O) groups excluding carboxylic acids is 1. The normalized spacial score (nSPS) is 18.0. The van der Waals surface area contributed by atoms with E-state index < -0.39 is 0 Å². The second kappa shape index (κ2) is 7.03. The van der Waals surface area contributed by atoms with Crippen molar-refractivity contribution < 1.29 is 4.79 Å². The van der Waals surface area contributed by atoms with Crippen LogP contribution in [0.1, 0.15) is 17.5 Å². The zero-order valence-corrected chi connectivity index (χ0v) is 12.6. The van der Waals surface area contributed by atoms with Gasteiger partial charge in [0.1, 0.15) is 0 Å². The van der Waals surface area contributed by atoms with Crippen molar-refractivity contribution in [2.75, 3.05) is 13.1 Å². The van der Waals surface area contributed by atoms with Crippen molar-refractivity contribution in [2.24, 2.45) is 5.92 Å². The molecule has 1 amide bonds. The van der Waals surface area contributed by atoms with Crippen LogP contribution in [0.15, 0.2) is 60.9 Å². The third-order valence-electron chi connectivity index (χ3n) is 4.07. The molecule has 3 heteroatoms. The predicted octanol–water partition coefficient (Wildman–Crippen LogP) is 3.19. The zero-order chi connectivity index (χ0) is 15.2. The molecule has 0 aliphatic carbocycles. The van der Waals surface area contributed by atoms with Gasteiger partial charge < -0.3 is 4.90 Å². The fourth-order valence-electron chi connectivity index (χ4n) is 2.89. The molecule has 0 spiro atoms. The van der Waals surface area contributed by atoms with E-state index in [-0.39, 0.29) is 5.91 Å². The monoisotopic (exact) mass is 292 g/mol. The molecule has 3 nitrogen and oxygen atoms in total. The Labute approximate surface area is 131 Å². The summed E-state index contributed by atoms with van der Waals surface area (Å²) in [6.45, 7) is 1.71. The molecule has 112 valence electrons. The Morgan fingerprint density at radius 1 is 1.23 bits per heavy atom. The van der Waals surface area contributed by atoms with Crippen LogP contribution in [-0.4, -0.2) is 28.9 Å². The van der Waals surface area contributed by atoms with Gasteiger partial charge in [-0.15, -0.1) is 0 Å². The van der Waals surface area contributed by atoms with Gasteiger partial charge in [-0.1, -0.05) is 36.4 Å². The van der Waals surface area contributed by atoms with Gasteiger partial charge in [-0.05, 0) is 42.0 Å². The number of nitrogens with zero attached hydrogens (tertiary/aromatic N) is 2. The minimum absolute atomic E-state index is 0.0967. The largest absolute Gasteiger partial charge is 0.339 e. The number of hydrogen-bond donors (Lipinski definition) is 0. The van der Waals surface area contributed by atoms with E-state index in [1.54, 1.807) is 18.5 Å². The van der Waals surface area contributed by atoms with E-state index in [1.165, 1.54) is 5.56 Å². The SMILES string of the molecule is O=C(/C=C/c1cccnc1)N1CC[C@@H](Cc2ccccc2)C1. The van der Waals surface area contributed by atoms with Gasteiger partial charge in [0.2, 0.25) is 5.91 Å². The molecule has 0 saturated carbocycles. The lowest BCUT2D eigenvalue weighted by atomic mass is 9.99. The molecule has 1 aromatic carbocycles. The lowest BCUT2D eigenvalue weighted by molar-refractivity contribution is -0.125. The number of hydrogen-bond acceptors (Lipinski definition) is 2. The molecule has 1 aliphatic heterocycles. The van der Waals surface area contributed by atoms with Gasteiger partial charge in [-0.3, -0.25) is 9.78 Å². The van der Waals surface area contributed by atoms with Crippen molar-refractivity contribution in [1.82, 2.24) is 9.88 Å². The summed E-state index contributed by atoms with van der Waals surface area (Å²) in [4.78, 5) is 18.2. The van der Waals surface area contributed by atoms with E-state index in [4.69, 9.17) is 0 Å². The smallest absolute Gasteiger partial charge is 0.246 e. The number of likely N-dealkylation sites (tertiary alicyclic amines) is 1. The minimum Gasteiger partial charge on any atom is -0.339 e. The lowest BCUT2D eigenvalue weighted by Crippen LogP contribution is -2.27. The van der Waals surface area contributed by atoms with Gasteiger partial charge in [-0.25, -0.2) is 0 Å². The first-order valence-corrected chi connectivity index (χ1v) is 7.72. The van der Waals surface area contributed by atoms with Crippen LogP contribution in [0.25, 0.3) is 6.08 Å². The molecule has 1 saturated heterocycles. The Balaban J connectivity index is 1.54. The molecule has 0 bridgehead atoms. The van der Waals surface area contributed by atoms with E-state index in [2.05, 4.69) is 29.2 Å². The highest BCUT2D eigenvalue weighted by atomic mass is 16.2. The van der Waals surface area contributed by atoms with Gasteiger partial charge in [0.05, 0.1) is 0 Å². The van der Waals surface area contributed by atoms with E-state index in [1.807, 2.05) is 29.2 Å². The van der Waals surface area contributed by atoms with E-state index in [0.717, 1.165) is 31.5 Å². The first-order chi connectivity index (χ1) is 10.8. The molecular weight excluding hydrogens is 272 g/mol. The summed E-state index contributed by atoms with van der Waals surface area (Å²) in [6, 6.07) is 14.3. The van der Waals surface area contributed by atoms with Gasteiger partial charge in [0.25, 0.3) is 0 Å². The first kappa shape index (κ1) is 14.5. The van der Waals surface area contributed by atoms with Gasteiger partial charge >= 0.3 is 0 Å². The number of carbonyl (C=O) groups is 1. The summed E-state index contributed by atoms with van der Waals surface area (Å²) in [6.07, 6.45) is 9.11. The van der Waals surface area contributed by atoms with Gasteiger partial charge in [0.15, 0.2) is 0 Å². The molecule has 2 aromatic rings. The van der Waals surface area contributed by atoms with Crippen LogP contribution in [0.5, 0.6) is 0 Å². The Morgan fingerprint density at radius 3 is 2.86 bits per heavy atom. The Kier molecular flexibility index (Phi) is 4.64. The fourth-order valence-corrected chi connectivity index (χ4v) is 2.89. The average Bonchev–Trinajstić information content (AvgIpc) is 3.03. The summed E-state index contributed by atoms with van der Waals surface area (Å²) in [5, 5.41) is 0. The second-order valence-corrected chi connectivity index (χ2v) is 5.75. The van der Waals surface area contributed by atoms with Crippen LogP contribution < -0.4 is 0 Å². The van der Waals surface area contributed by atoms with E-state index in [0.29, 0.717) is 5.92 Å². The van der Waals surface area contributed by atoms with Crippen LogP contribution >= 0.6 is 0 Å². The maximum Gasteiger partial charge on any atom is 0.246 e. The molecule has 0 N–H and O–H groups in total. The fraction of sp³-hybridized carbons (Fsp3) is 0.263. The second-order valence-electron chi connectivity index (χ2n) is 5.75. The van der Waals surface area contributed by atoms with Gasteiger partial charge in [0, 0.05) is 31.6 Å². The van der Waals surface area contributed by atoms with Gasteiger partial charge in [-0.2, -0.15) is 0 Å². The molecular formula is C19H20N2O. The number of benzene rings is 1. The zero-order valence-electron chi connectivity index (χ0n) is 12.6. The van der Waals surface area contributed by atoms with Crippen molar-refractivity contribution >= 4 is 12.0 Å². The van der Waals surface area contributed by atoms with E-state index in [9.17, 15) is 4.79 Å². The van der Waals surface area contributed by atoms with Crippen LogP contribution in [0, 0.1) is 5.92 Å². The number of aromatic nitrogens is 1. The molecule has 1 atom stereocenters. The van der Waals surface area contributed by atoms with Crippen LogP contribution in [-0.2, 0) is 11.2 Å². The summed E-state index contributed by atoms with van der Waals surface area (Å²) in [5.41, 5.74) is 2.31. The molecule has 1 aliphatic rings. The molecule has 1 fully saturated rings. The molecule has 22 heavy (non-hydrogen) atoms. The third kappa shape index (κ3) is 3.82. The summed E-state index contributed by atoms with van der Waals surface area (Å²) in [7, 11) is 0. The van der Waals surface area contributed by atoms with Crippen molar-refractivity contribution in [3.05, 3.63) is 72.1 Å². The highest BCUT2D eigenvalue weighted by Crippen LogP contribution is 2.21. The maximum absolute atomic E-state index is 12.2. The topological polar surface area (TPSA) is 33.2 Å². The molecule has 0 radical (unpaired) electrons. The molecule has 0 unspecified atom stereocenters. The average molecular weight is 292 g/mol. The van der Waals surface area contributed by atoms with Crippen LogP contribution in [0.4, 0.5) is 0 Å². The van der Waals surface area contributed by atoms with E-state index >= 15 is 0 Å². The van der Waals surface area contributed by atoms with Crippen molar-refractivity contribution in [2.45, 2.75) is 12.8 Å². The minimum atomic E-state index is 0.0967. The Morgan fingerprint density at radius 2 is 2.09 bits per heavy atom. The Bertz CT molecular complexity index is 637. The predicted molar refractivity (Wildman–Crippen MR) is 88.1 cm³/mol. The highest BCUT2D eigenvalue weighted by molar-refractivity contribution is 5.91. The number of pyridine rings is 1. The summed E-state index contributed by atoms with van der Waals surface area (Å²) in [5.74, 6) is 0.664. The van der Waals surface area contributed by atoms with Crippen molar-refractivity contribution in [3.63, 3.8) is 0 Å². The van der Waals surface area contributed by atoms with Crippen molar-refractivity contribution in [1.29, 1.82) is 0 Å². The molecule has 1 aromatic heterocycles. The standard InChI is InChI=1S/C19H20N2O/c22-19(9-8-17-7-4-11-20-14-17)21-12-10-18(15-21)13-16-5-2-1-3-6-16/h1-9,11,14,18H,10,12-13,15H2/b9-8+/t18-/m0/s1. The third-order valence-corrected chi connectivity index (χ3v) is 4.07. The summed E-state index contributed by atoms with van der Waals surface area (Å²) < 4.78 is 0. The molecule has 3 rings (SSSR count).